The van der Waals surface area contributed by atoms with E-state index in [1.807, 2.05) is 18.2 Å². The van der Waals surface area contributed by atoms with Crippen LogP contribution in [0.2, 0.25) is 5.02 Å². The molecule has 0 spiro atoms. The number of hydrogen-bond donors (Lipinski definition) is 0. The van der Waals surface area contributed by atoms with Gasteiger partial charge >= 0.3 is 0 Å². The van der Waals surface area contributed by atoms with E-state index in [0.717, 1.165) is 22.7 Å². The van der Waals surface area contributed by atoms with E-state index in [-0.39, 0.29) is 5.38 Å². The minimum absolute atomic E-state index is 0.115. The molecule has 2 aromatic carbocycles. The third kappa shape index (κ3) is 2.29. The molecule has 1 fully saturated rings. The summed E-state index contributed by atoms with van der Waals surface area (Å²) >= 11 is 12.7. The van der Waals surface area contributed by atoms with Gasteiger partial charge in [-0.3, -0.25) is 0 Å². The van der Waals surface area contributed by atoms with Gasteiger partial charge in [0.2, 0.25) is 0 Å². The van der Waals surface area contributed by atoms with E-state index in [9.17, 15) is 0 Å². The molecular weight excluding hydrogens is 251 g/mol. The Morgan fingerprint density at radius 3 is 2.47 bits per heavy atom. The van der Waals surface area contributed by atoms with Gasteiger partial charge in [-0.1, -0.05) is 54.8 Å². The minimum atomic E-state index is 0.115. The highest BCUT2D eigenvalue weighted by molar-refractivity contribution is 6.35. The summed E-state index contributed by atoms with van der Waals surface area (Å²) < 4.78 is 0. The molecule has 0 N–H and O–H groups in total. The van der Waals surface area contributed by atoms with Crippen molar-refractivity contribution in [2.45, 2.75) is 24.6 Å². The van der Waals surface area contributed by atoms with Gasteiger partial charge in [0.05, 0.1) is 5.38 Å². The standard InChI is InChI=1S/C15H14Cl2/c16-14-8-7-13(15(17)9-10-5-6-10)11-3-1-2-4-12(11)14/h1-4,7-8,10,15H,5-6,9H2. The molecule has 0 radical (unpaired) electrons. The molecule has 1 aliphatic rings. The van der Waals surface area contributed by atoms with Gasteiger partial charge in [-0.15, -0.1) is 11.6 Å². The van der Waals surface area contributed by atoms with Crippen molar-refractivity contribution in [3.05, 3.63) is 47.0 Å². The molecular formula is C15H14Cl2. The van der Waals surface area contributed by atoms with Crippen molar-refractivity contribution in [2.24, 2.45) is 5.92 Å². The molecule has 2 aromatic rings. The first-order valence-corrected chi connectivity index (χ1v) is 6.88. The minimum Gasteiger partial charge on any atom is -0.118 e. The van der Waals surface area contributed by atoms with E-state index < -0.39 is 0 Å². The maximum absolute atomic E-state index is 6.53. The molecule has 3 rings (SSSR count). The zero-order chi connectivity index (χ0) is 11.8. The van der Waals surface area contributed by atoms with Gasteiger partial charge < -0.3 is 0 Å². The van der Waals surface area contributed by atoms with Crippen molar-refractivity contribution in [1.82, 2.24) is 0 Å². The van der Waals surface area contributed by atoms with Crippen LogP contribution in [0.1, 0.15) is 30.2 Å². The second-order valence-corrected chi connectivity index (χ2v) is 5.76. The fraction of sp³-hybridized carbons (Fsp3) is 0.333. The zero-order valence-electron chi connectivity index (χ0n) is 9.50. The molecule has 88 valence electrons. The summed E-state index contributed by atoms with van der Waals surface area (Å²) in [6, 6.07) is 12.3. The Morgan fingerprint density at radius 2 is 1.76 bits per heavy atom. The molecule has 17 heavy (non-hydrogen) atoms. The summed E-state index contributed by atoms with van der Waals surface area (Å²) in [4.78, 5) is 0. The lowest BCUT2D eigenvalue weighted by molar-refractivity contribution is 0.709. The van der Waals surface area contributed by atoms with Crippen LogP contribution in [-0.4, -0.2) is 0 Å². The Bertz CT molecular complexity index is 544. The van der Waals surface area contributed by atoms with Crippen LogP contribution in [0, 0.1) is 5.92 Å². The second-order valence-electron chi connectivity index (χ2n) is 4.83. The molecule has 1 unspecified atom stereocenters. The van der Waals surface area contributed by atoms with E-state index in [1.54, 1.807) is 0 Å². The maximum Gasteiger partial charge on any atom is 0.0594 e. The van der Waals surface area contributed by atoms with E-state index in [1.165, 1.54) is 23.8 Å². The van der Waals surface area contributed by atoms with Crippen molar-refractivity contribution in [1.29, 1.82) is 0 Å². The van der Waals surface area contributed by atoms with Gasteiger partial charge in [-0.2, -0.15) is 0 Å². The lowest BCUT2D eigenvalue weighted by Gasteiger charge is -2.13. The van der Waals surface area contributed by atoms with E-state index in [0.29, 0.717) is 0 Å². The van der Waals surface area contributed by atoms with Crippen LogP contribution in [0.3, 0.4) is 0 Å². The molecule has 2 heteroatoms. The monoisotopic (exact) mass is 264 g/mol. The first-order chi connectivity index (χ1) is 8.25. The normalized spacial score (nSPS) is 17.3. The number of rotatable bonds is 3. The van der Waals surface area contributed by atoms with Crippen molar-refractivity contribution in [3.8, 4) is 0 Å². The second kappa shape index (κ2) is 4.51. The Morgan fingerprint density at radius 1 is 1.06 bits per heavy atom. The SMILES string of the molecule is Clc1ccc(C(Cl)CC2CC2)c2ccccc12. The first kappa shape index (κ1) is 11.4. The summed E-state index contributed by atoms with van der Waals surface area (Å²) in [5, 5.41) is 3.22. The highest BCUT2D eigenvalue weighted by atomic mass is 35.5. The molecule has 0 saturated heterocycles. The number of hydrogen-bond acceptors (Lipinski definition) is 0. The summed E-state index contributed by atoms with van der Waals surface area (Å²) in [5.74, 6) is 0.840. The van der Waals surface area contributed by atoms with Crippen LogP contribution in [0.4, 0.5) is 0 Å². The number of fused-ring (bicyclic) bond motifs is 1. The summed E-state index contributed by atoms with van der Waals surface area (Å²) in [6.45, 7) is 0. The molecule has 0 aromatic heterocycles. The summed E-state index contributed by atoms with van der Waals surface area (Å²) in [6.07, 6.45) is 3.77. The Labute approximate surface area is 112 Å². The predicted molar refractivity (Wildman–Crippen MR) is 74.9 cm³/mol. The van der Waals surface area contributed by atoms with Gasteiger partial charge in [0.15, 0.2) is 0 Å². The third-order valence-electron chi connectivity index (χ3n) is 3.48. The van der Waals surface area contributed by atoms with Crippen molar-refractivity contribution in [3.63, 3.8) is 0 Å². The Hall–Kier alpha value is -0.720. The maximum atomic E-state index is 6.53. The fourth-order valence-electron chi connectivity index (χ4n) is 2.33. The van der Waals surface area contributed by atoms with E-state index >= 15 is 0 Å². The lowest BCUT2D eigenvalue weighted by atomic mass is 9.99. The predicted octanol–water partition coefficient (Wildman–Crippen LogP) is 5.57. The van der Waals surface area contributed by atoms with Crippen molar-refractivity contribution in [2.75, 3.05) is 0 Å². The molecule has 0 heterocycles. The molecule has 0 amide bonds. The van der Waals surface area contributed by atoms with Gasteiger partial charge in [-0.25, -0.2) is 0 Å². The van der Waals surface area contributed by atoms with Crippen LogP contribution < -0.4 is 0 Å². The van der Waals surface area contributed by atoms with Crippen LogP contribution in [0.15, 0.2) is 36.4 Å². The van der Waals surface area contributed by atoms with Crippen LogP contribution in [-0.2, 0) is 0 Å². The van der Waals surface area contributed by atoms with Crippen LogP contribution in [0.25, 0.3) is 10.8 Å². The van der Waals surface area contributed by atoms with E-state index in [2.05, 4.69) is 18.2 Å². The van der Waals surface area contributed by atoms with Gasteiger partial charge in [-0.05, 0) is 29.4 Å². The van der Waals surface area contributed by atoms with Crippen molar-refractivity contribution >= 4 is 34.0 Å². The fourth-order valence-corrected chi connectivity index (χ4v) is 3.00. The molecule has 0 bridgehead atoms. The smallest absolute Gasteiger partial charge is 0.0594 e. The van der Waals surface area contributed by atoms with Crippen LogP contribution >= 0.6 is 23.2 Å². The van der Waals surface area contributed by atoms with Gasteiger partial charge in [0.1, 0.15) is 0 Å². The quantitative estimate of drug-likeness (QED) is 0.636. The molecule has 1 aliphatic carbocycles. The lowest BCUT2D eigenvalue weighted by Crippen LogP contribution is -1.93. The van der Waals surface area contributed by atoms with Gasteiger partial charge in [0, 0.05) is 10.4 Å². The first-order valence-electron chi connectivity index (χ1n) is 6.07. The zero-order valence-corrected chi connectivity index (χ0v) is 11.0. The summed E-state index contributed by atoms with van der Waals surface area (Å²) in [7, 11) is 0. The topological polar surface area (TPSA) is 0 Å². The van der Waals surface area contributed by atoms with Crippen LogP contribution in [0.5, 0.6) is 0 Å². The average Bonchev–Trinajstić information content (AvgIpc) is 3.14. The highest BCUT2D eigenvalue weighted by Gasteiger charge is 2.26. The molecule has 1 saturated carbocycles. The third-order valence-corrected chi connectivity index (χ3v) is 4.22. The number of alkyl halides is 1. The number of halogens is 2. The Kier molecular flexibility index (Phi) is 3.02. The average molecular weight is 265 g/mol. The number of benzene rings is 2. The molecule has 0 nitrogen and oxygen atoms in total. The molecule has 1 atom stereocenters. The Balaban J connectivity index is 2.05. The molecule has 0 aliphatic heterocycles. The largest absolute Gasteiger partial charge is 0.118 e. The summed E-state index contributed by atoms with van der Waals surface area (Å²) in [5.41, 5.74) is 1.22. The van der Waals surface area contributed by atoms with Gasteiger partial charge in [0.25, 0.3) is 0 Å². The van der Waals surface area contributed by atoms with Crippen molar-refractivity contribution < 1.29 is 0 Å². The highest BCUT2D eigenvalue weighted by Crippen LogP contribution is 2.42. The van der Waals surface area contributed by atoms with E-state index in [4.69, 9.17) is 23.2 Å².